The van der Waals surface area contributed by atoms with Gasteiger partial charge in [0, 0.05) is 21.8 Å². The molecule has 2 rings (SSSR count). The van der Waals surface area contributed by atoms with Gasteiger partial charge in [0.1, 0.15) is 0 Å². The van der Waals surface area contributed by atoms with Crippen molar-refractivity contribution in [3.8, 4) is 11.3 Å². The van der Waals surface area contributed by atoms with Gasteiger partial charge < -0.3 is 5.73 Å². The molecule has 0 radical (unpaired) electrons. The van der Waals surface area contributed by atoms with Gasteiger partial charge in [-0.3, -0.25) is 0 Å². The number of aromatic nitrogens is 1. The Labute approximate surface area is 127 Å². The maximum atomic E-state index is 5.83. The predicted octanol–water partition coefficient (Wildman–Crippen LogP) is 4.35. The van der Waals surface area contributed by atoms with Crippen molar-refractivity contribution in [3.05, 3.63) is 39.1 Å². The van der Waals surface area contributed by atoms with Crippen LogP contribution in [0.5, 0.6) is 0 Å². The number of hydrogen-bond donors (Lipinski definition) is 1. The zero-order chi connectivity index (χ0) is 13.8. The van der Waals surface area contributed by atoms with E-state index in [0.717, 1.165) is 23.1 Å². The molecule has 1 aromatic carbocycles. The standard InChI is InChI=1S/C15H19BrN2S/c1-10(2)12(8-17)7-15-18-14(9-19-15)11-3-5-13(16)6-4-11/h3-6,9-10,12H,7-8,17H2,1-2H3. The molecule has 2 N–H and O–H groups in total. The maximum Gasteiger partial charge on any atom is 0.0935 e. The lowest BCUT2D eigenvalue weighted by atomic mass is 9.93. The SMILES string of the molecule is CC(C)C(CN)Cc1nc(-c2ccc(Br)cc2)cs1. The molecule has 0 aliphatic heterocycles. The van der Waals surface area contributed by atoms with Gasteiger partial charge in [0.2, 0.25) is 0 Å². The highest BCUT2D eigenvalue weighted by Crippen LogP contribution is 2.26. The van der Waals surface area contributed by atoms with Gasteiger partial charge in [-0.2, -0.15) is 0 Å². The maximum absolute atomic E-state index is 5.83. The van der Waals surface area contributed by atoms with E-state index in [2.05, 4.69) is 47.3 Å². The molecule has 0 aliphatic carbocycles. The van der Waals surface area contributed by atoms with Crippen LogP contribution in [-0.4, -0.2) is 11.5 Å². The minimum atomic E-state index is 0.518. The predicted molar refractivity (Wildman–Crippen MR) is 86.3 cm³/mol. The topological polar surface area (TPSA) is 38.9 Å². The largest absolute Gasteiger partial charge is 0.330 e. The van der Waals surface area contributed by atoms with Crippen LogP contribution in [0.25, 0.3) is 11.3 Å². The van der Waals surface area contributed by atoms with Gasteiger partial charge >= 0.3 is 0 Å². The number of hydrogen-bond acceptors (Lipinski definition) is 3. The molecule has 2 nitrogen and oxygen atoms in total. The first-order valence-corrected chi connectivity index (χ1v) is 8.18. The Morgan fingerprint density at radius 2 is 1.95 bits per heavy atom. The first-order chi connectivity index (χ1) is 9.10. The second kappa shape index (κ2) is 6.64. The Morgan fingerprint density at radius 1 is 1.26 bits per heavy atom. The van der Waals surface area contributed by atoms with E-state index < -0.39 is 0 Å². The number of nitrogens with zero attached hydrogens (tertiary/aromatic N) is 1. The van der Waals surface area contributed by atoms with Crippen molar-refractivity contribution in [2.45, 2.75) is 20.3 Å². The molecule has 2 aromatic rings. The summed E-state index contributed by atoms with van der Waals surface area (Å²) in [7, 11) is 0. The summed E-state index contributed by atoms with van der Waals surface area (Å²) in [6, 6.07) is 8.27. The molecule has 1 unspecified atom stereocenters. The van der Waals surface area contributed by atoms with Gasteiger partial charge in [-0.15, -0.1) is 11.3 Å². The van der Waals surface area contributed by atoms with Gasteiger partial charge in [-0.1, -0.05) is 41.9 Å². The number of halogens is 1. The molecular formula is C15H19BrN2S. The third kappa shape index (κ3) is 3.88. The summed E-state index contributed by atoms with van der Waals surface area (Å²) in [5.41, 5.74) is 8.06. The summed E-state index contributed by atoms with van der Waals surface area (Å²) < 4.78 is 1.09. The van der Waals surface area contributed by atoms with Crippen molar-refractivity contribution in [3.63, 3.8) is 0 Å². The average Bonchev–Trinajstić information content (AvgIpc) is 2.85. The Balaban J connectivity index is 2.12. The molecule has 1 aromatic heterocycles. The van der Waals surface area contributed by atoms with E-state index in [4.69, 9.17) is 10.7 Å². The van der Waals surface area contributed by atoms with Gasteiger partial charge in [0.25, 0.3) is 0 Å². The lowest BCUT2D eigenvalue weighted by molar-refractivity contribution is 0.391. The summed E-state index contributed by atoms with van der Waals surface area (Å²) in [5.74, 6) is 1.12. The van der Waals surface area contributed by atoms with Crippen LogP contribution in [0, 0.1) is 11.8 Å². The van der Waals surface area contributed by atoms with E-state index in [-0.39, 0.29) is 0 Å². The van der Waals surface area contributed by atoms with Crippen LogP contribution in [0.4, 0.5) is 0 Å². The van der Waals surface area contributed by atoms with Crippen molar-refractivity contribution in [2.75, 3.05) is 6.54 Å². The molecule has 0 fully saturated rings. The molecule has 102 valence electrons. The van der Waals surface area contributed by atoms with Crippen molar-refractivity contribution < 1.29 is 0 Å². The van der Waals surface area contributed by atoms with E-state index in [1.165, 1.54) is 10.6 Å². The molecule has 0 saturated carbocycles. The fourth-order valence-electron chi connectivity index (χ4n) is 1.97. The zero-order valence-electron chi connectivity index (χ0n) is 11.3. The molecule has 1 atom stereocenters. The van der Waals surface area contributed by atoms with Crippen molar-refractivity contribution in [1.29, 1.82) is 0 Å². The third-order valence-electron chi connectivity index (χ3n) is 3.37. The first kappa shape index (κ1) is 14.7. The first-order valence-electron chi connectivity index (χ1n) is 6.50. The fourth-order valence-corrected chi connectivity index (χ4v) is 3.14. The van der Waals surface area contributed by atoms with Crippen molar-refractivity contribution in [2.24, 2.45) is 17.6 Å². The summed E-state index contributed by atoms with van der Waals surface area (Å²) in [6.07, 6.45) is 0.982. The van der Waals surface area contributed by atoms with Crippen LogP contribution in [-0.2, 0) is 6.42 Å². The molecule has 0 bridgehead atoms. The van der Waals surface area contributed by atoms with E-state index in [0.29, 0.717) is 11.8 Å². The summed E-state index contributed by atoms with van der Waals surface area (Å²) in [4.78, 5) is 4.73. The summed E-state index contributed by atoms with van der Waals surface area (Å²) in [6.45, 7) is 5.17. The second-order valence-electron chi connectivity index (χ2n) is 5.08. The van der Waals surface area contributed by atoms with Crippen LogP contribution in [0.15, 0.2) is 34.1 Å². The Bertz CT molecular complexity index is 519. The smallest absolute Gasteiger partial charge is 0.0935 e. The second-order valence-corrected chi connectivity index (χ2v) is 6.94. The number of benzene rings is 1. The van der Waals surface area contributed by atoms with E-state index in [9.17, 15) is 0 Å². The van der Waals surface area contributed by atoms with Gasteiger partial charge in [-0.05, 0) is 30.5 Å². The number of thiazole rings is 1. The number of nitrogens with two attached hydrogens (primary N) is 1. The van der Waals surface area contributed by atoms with Crippen LogP contribution in [0.3, 0.4) is 0 Å². The van der Waals surface area contributed by atoms with Crippen LogP contribution in [0.2, 0.25) is 0 Å². The van der Waals surface area contributed by atoms with Crippen LogP contribution >= 0.6 is 27.3 Å². The third-order valence-corrected chi connectivity index (χ3v) is 4.77. The zero-order valence-corrected chi connectivity index (χ0v) is 13.7. The van der Waals surface area contributed by atoms with Crippen LogP contribution in [0.1, 0.15) is 18.9 Å². The highest BCUT2D eigenvalue weighted by atomic mass is 79.9. The van der Waals surface area contributed by atoms with Gasteiger partial charge in [0.05, 0.1) is 10.7 Å². The van der Waals surface area contributed by atoms with Crippen LogP contribution < -0.4 is 5.73 Å². The lowest BCUT2D eigenvalue weighted by Crippen LogP contribution is -2.22. The molecule has 1 heterocycles. The van der Waals surface area contributed by atoms with Gasteiger partial charge in [0.15, 0.2) is 0 Å². The van der Waals surface area contributed by atoms with Crippen molar-refractivity contribution >= 4 is 27.3 Å². The molecule has 0 spiro atoms. The van der Waals surface area contributed by atoms with Crippen molar-refractivity contribution in [1.82, 2.24) is 4.98 Å². The lowest BCUT2D eigenvalue weighted by Gasteiger charge is -2.16. The minimum Gasteiger partial charge on any atom is -0.330 e. The molecule has 4 heteroatoms. The van der Waals surface area contributed by atoms with E-state index >= 15 is 0 Å². The molecule has 0 aliphatic rings. The summed E-state index contributed by atoms with van der Waals surface area (Å²) in [5, 5.41) is 3.31. The highest BCUT2D eigenvalue weighted by molar-refractivity contribution is 9.10. The van der Waals surface area contributed by atoms with E-state index in [1.807, 2.05) is 12.1 Å². The number of rotatable bonds is 5. The minimum absolute atomic E-state index is 0.518. The fraction of sp³-hybridized carbons (Fsp3) is 0.400. The quantitative estimate of drug-likeness (QED) is 0.880. The molecule has 0 saturated heterocycles. The Hall–Kier alpha value is -0.710. The highest BCUT2D eigenvalue weighted by Gasteiger charge is 2.14. The van der Waals surface area contributed by atoms with E-state index in [1.54, 1.807) is 11.3 Å². The Morgan fingerprint density at radius 3 is 2.53 bits per heavy atom. The molecular weight excluding hydrogens is 320 g/mol. The monoisotopic (exact) mass is 338 g/mol. The average molecular weight is 339 g/mol. The molecule has 19 heavy (non-hydrogen) atoms. The Kier molecular flexibility index (Phi) is 5.13. The molecule has 0 amide bonds. The normalized spacial score (nSPS) is 12.9. The summed E-state index contributed by atoms with van der Waals surface area (Å²) >= 11 is 5.18. The van der Waals surface area contributed by atoms with Gasteiger partial charge in [-0.25, -0.2) is 4.98 Å².